The number of carboxylic acids is 2. The third-order valence-corrected chi connectivity index (χ3v) is 7.30. The highest BCUT2D eigenvalue weighted by Crippen LogP contribution is 2.26. The van der Waals surface area contributed by atoms with E-state index in [9.17, 15) is 28.8 Å². The second kappa shape index (κ2) is 15.4. The van der Waals surface area contributed by atoms with Crippen molar-refractivity contribution in [2.24, 2.45) is 0 Å². The zero-order valence-corrected chi connectivity index (χ0v) is 21.1. The molecule has 16 heteroatoms. The highest BCUT2D eigenvalue weighted by Gasteiger charge is 2.20. The van der Waals surface area contributed by atoms with Crippen LogP contribution in [0.2, 0.25) is 0 Å². The summed E-state index contributed by atoms with van der Waals surface area (Å²) in [6, 6.07) is 4.18. The van der Waals surface area contributed by atoms with Gasteiger partial charge in [0, 0.05) is 46.7 Å². The van der Waals surface area contributed by atoms with Gasteiger partial charge < -0.3 is 26.2 Å². The fraction of sp³-hybridized carbons (Fsp3) is 0.333. The maximum absolute atomic E-state index is 12.0. The number of amides is 4. The maximum atomic E-state index is 12.0. The van der Waals surface area contributed by atoms with Gasteiger partial charge in [0.2, 0.25) is 11.8 Å². The first-order valence-corrected chi connectivity index (χ1v) is 13.4. The third-order valence-electron chi connectivity index (χ3n) is 3.45. The van der Waals surface area contributed by atoms with E-state index >= 15 is 0 Å². The van der Waals surface area contributed by atoms with E-state index in [-0.39, 0.29) is 11.5 Å². The first-order valence-electron chi connectivity index (χ1n) is 9.28. The van der Waals surface area contributed by atoms with Crippen LogP contribution in [0.15, 0.2) is 29.2 Å². The SMILES string of the molecule is CC(=O)NC(CSSC(=O)Nc1ccc(SNC(=O)SCC(NC(C)=O)C(=O)O)cc1)C(=O)O. The number of aliphatic carboxylic acids is 2. The second-order valence-electron chi connectivity index (χ2n) is 6.29. The van der Waals surface area contributed by atoms with Gasteiger partial charge in [0.15, 0.2) is 0 Å². The van der Waals surface area contributed by atoms with Gasteiger partial charge in [0.25, 0.3) is 10.5 Å². The van der Waals surface area contributed by atoms with Crippen LogP contribution < -0.4 is 20.7 Å². The lowest BCUT2D eigenvalue weighted by atomic mass is 10.3. The molecule has 0 spiro atoms. The predicted octanol–water partition coefficient (Wildman–Crippen LogP) is 2.23. The smallest absolute Gasteiger partial charge is 0.327 e. The van der Waals surface area contributed by atoms with E-state index in [0.29, 0.717) is 22.3 Å². The summed E-state index contributed by atoms with van der Waals surface area (Å²) in [6.07, 6.45) is 0. The van der Waals surface area contributed by atoms with Crippen molar-refractivity contribution in [1.29, 1.82) is 0 Å². The van der Waals surface area contributed by atoms with Crippen molar-refractivity contribution in [3.63, 3.8) is 0 Å². The molecule has 0 aliphatic heterocycles. The summed E-state index contributed by atoms with van der Waals surface area (Å²) >= 11 is 1.70. The van der Waals surface area contributed by atoms with Gasteiger partial charge in [-0.1, -0.05) is 22.6 Å². The maximum Gasteiger partial charge on any atom is 0.327 e. The van der Waals surface area contributed by atoms with Gasteiger partial charge in [-0.2, -0.15) is 0 Å². The van der Waals surface area contributed by atoms with Crippen molar-refractivity contribution in [3.8, 4) is 0 Å². The Balaban J connectivity index is 2.40. The van der Waals surface area contributed by atoms with Crippen LogP contribution in [0, 0.1) is 0 Å². The summed E-state index contributed by atoms with van der Waals surface area (Å²) in [5, 5.41) is 24.2. The molecule has 0 aliphatic carbocycles. The molecule has 0 saturated carbocycles. The molecule has 12 nitrogen and oxygen atoms in total. The number of rotatable bonds is 12. The number of anilines is 1. The van der Waals surface area contributed by atoms with Gasteiger partial charge in [-0.15, -0.1) is 0 Å². The molecule has 2 atom stereocenters. The Hall–Kier alpha value is -2.56. The topological polar surface area (TPSA) is 191 Å². The molecule has 4 amide bonds. The predicted molar refractivity (Wildman–Crippen MR) is 133 cm³/mol. The van der Waals surface area contributed by atoms with Crippen molar-refractivity contribution < 1.29 is 39.0 Å². The minimum Gasteiger partial charge on any atom is -0.480 e. The fourth-order valence-corrected chi connectivity index (χ4v) is 5.16. The summed E-state index contributed by atoms with van der Waals surface area (Å²) < 4.78 is 2.53. The van der Waals surface area contributed by atoms with Crippen molar-refractivity contribution >= 4 is 85.2 Å². The minimum atomic E-state index is -1.24. The molecule has 0 aliphatic rings. The second-order valence-corrected chi connectivity index (χ2v) is 10.5. The average Bonchev–Trinajstić information content (AvgIpc) is 2.74. The van der Waals surface area contributed by atoms with Crippen LogP contribution in [-0.4, -0.2) is 68.0 Å². The largest absolute Gasteiger partial charge is 0.480 e. The molecule has 6 N–H and O–H groups in total. The van der Waals surface area contributed by atoms with Crippen molar-refractivity contribution in [2.45, 2.75) is 30.8 Å². The lowest BCUT2D eigenvalue weighted by Gasteiger charge is -2.12. The standard InChI is InChI=1S/C18H22N4O8S4/c1-9(23)19-13(15(25)26)7-31-18(30)22-33-12-5-3-11(4-6-12)21-17(29)34-32-8-14(16(27)28)20-10(2)24/h3-6,13-14H,7-8H2,1-2H3,(H,19,23)(H,20,24)(H,21,29)(H,22,30)(H,25,26)(H,27,28). The van der Waals surface area contributed by atoms with Gasteiger partial charge in [-0.05, 0) is 36.2 Å². The first kappa shape index (κ1) is 29.5. The van der Waals surface area contributed by atoms with Crippen LogP contribution in [-0.2, 0) is 19.2 Å². The normalized spacial score (nSPS) is 12.1. The number of hydrogen-bond donors (Lipinski definition) is 6. The van der Waals surface area contributed by atoms with E-state index in [1.165, 1.54) is 13.8 Å². The molecule has 0 saturated heterocycles. The van der Waals surface area contributed by atoms with E-state index in [1.54, 1.807) is 24.3 Å². The molecular formula is C18H22N4O8S4. The Labute approximate surface area is 211 Å². The number of benzene rings is 1. The van der Waals surface area contributed by atoms with Crippen LogP contribution >= 0.6 is 45.3 Å². The zero-order valence-electron chi connectivity index (χ0n) is 17.9. The van der Waals surface area contributed by atoms with Crippen molar-refractivity contribution in [3.05, 3.63) is 24.3 Å². The Kier molecular flexibility index (Phi) is 13.3. The fourth-order valence-electron chi connectivity index (χ4n) is 2.03. The summed E-state index contributed by atoms with van der Waals surface area (Å²) in [7, 11) is 1.77. The van der Waals surface area contributed by atoms with E-state index in [1.807, 2.05) is 0 Å². The molecule has 0 bridgehead atoms. The first-order chi connectivity index (χ1) is 16.0. The van der Waals surface area contributed by atoms with Crippen LogP contribution in [0.3, 0.4) is 0 Å². The van der Waals surface area contributed by atoms with E-state index in [2.05, 4.69) is 20.7 Å². The van der Waals surface area contributed by atoms with Gasteiger partial charge >= 0.3 is 11.9 Å². The van der Waals surface area contributed by atoms with E-state index in [4.69, 9.17) is 10.2 Å². The molecule has 0 heterocycles. The van der Waals surface area contributed by atoms with Crippen LogP contribution in [0.4, 0.5) is 15.3 Å². The molecule has 1 rings (SSSR count). The lowest BCUT2D eigenvalue weighted by Crippen LogP contribution is -2.41. The number of thioether (sulfide) groups is 1. The van der Waals surface area contributed by atoms with E-state index in [0.717, 1.165) is 33.5 Å². The summed E-state index contributed by atoms with van der Waals surface area (Å²) in [6.45, 7) is 2.39. The number of carbonyl (C=O) groups excluding carboxylic acids is 4. The molecule has 34 heavy (non-hydrogen) atoms. The molecule has 2 unspecified atom stereocenters. The van der Waals surface area contributed by atoms with Crippen LogP contribution in [0.5, 0.6) is 0 Å². The molecule has 186 valence electrons. The summed E-state index contributed by atoms with van der Waals surface area (Å²) in [5.74, 6) is -3.58. The third kappa shape index (κ3) is 12.6. The molecular weight excluding hydrogens is 528 g/mol. The zero-order chi connectivity index (χ0) is 25.7. The molecule has 1 aromatic rings. The highest BCUT2D eigenvalue weighted by molar-refractivity contribution is 8.82. The van der Waals surface area contributed by atoms with Gasteiger partial charge in [0.1, 0.15) is 12.1 Å². The van der Waals surface area contributed by atoms with Crippen LogP contribution in [0.25, 0.3) is 0 Å². The molecule has 0 fully saturated rings. The molecule has 0 radical (unpaired) electrons. The quantitative estimate of drug-likeness (QED) is 0.165. The molecule has 1 aromatic carbocycles. The van der Waals surface area contributed by atoms with Gasteiger partial charge in [-0.25, -0.2) is 9.59 Å². The number of carboxylic acid groups (broad SMARTS) is 2. The van der Waals surface area contributed by atoms with Crippen molar-refractivity contribution in [2.75, 3.05) is 16.8 Å². The lowest BCUT2D eigenvalue weighted by molar-refractivity contribution is -0.141. The van der Waals surface area contributed by atoms with Gasteiger partial charge in [0.05, 0.1) is 0 Å². The number of carbonyl (C=O) groups is 6. The Morgan fingerprint density at radius 3 is 1.85 bits per heavy atom. The Morgan fingerprint density at radius 2 is 1.35 bits per heavy atom. The Morgan fingerprint density at radius 1 is 0.824 bits per heavy atom. The van der Waals surface area contributed by atoms with Gasteiger partial charge in [-0.3, -0.25) is 23.9 Å². The number of nitrogens with one attached hydrogen (secondary N) is 4. The van der Waals surface area contributed by atoms with Crippen LogP contribution in [0.1, 0.15) is 13.8 Å². The van der Waals surface area contributed by atoms with Crippen molar-refractivity contribution in [1.82, 2.24) is 15.4 Å². The average molecular weight is 551 g/mol. The summed E-state index contributed by atoms with van der Waals surface area (Å²) in [5.41, 5.74) is 0.472. The minimum absolute atomic E-state index is 0.00167. The monoisotopic (exact) mass is 550 g/mol. The molecule has 0 aromatic heterocycles. The number of hydrogen-bond acceptors (Lipinski definition) is 10. The Bertz CT molecular complexity index is 916. The van der Waals surface area contributed by atoms with E-state index < -0.39 is 46.3 Å². The highest BCUT2D eigenvalue weighted by atomic mass is 33.1. The summed E-state index contributed by atoms with van der Waals surface area (Å²) in [4.78, 5) is 68.6.